The standard InChI is InChI=1S/C54H30O/c1-2-11-40-31(6-1)18-29-46-53-43(12-5-13-48(53)55-54(40)46)41-26-23-38(39-24-19-36-16-14-32-7-3-9-34-21-27-44(39)51(36)49(32)34)30-47(41)42-25-20-37-17-15-33-8-4-10-35-22-28-45(42)52(37)50(33)35/h1-30H/i1D,2D,3D,4D,6D,7D,8D,9D,10D,11D,12D,13D,14D,15D,16D,17D,18D,19D,20D,21D,22D,23D,24D,25D,26D,27D,28D,29D,30D. The van der Waals surface area contributed by atoms with Crippen LogP contribution in [0.1, 0.15) is 39.8 Å². The topological polar surface area (TPSA) is 13.1 Å². The highest BCUT2D eigenvalue weighted by atomic mass is 16.3. The minimum Gasteiger partial charge on any atom is -0.455 e. The third-order valence-corrected chi connectivity index (χ3v) is 9.99. The zero-order chi connectivity index (χ0) is 61.0. The Balaban J connectivity index is 1.34. The van der Waals surface area contributed by atoms with Gasteiger partial charge in [-0.05, 0) is 122 Å². The van der Waals surface area contributed by atoms with Crippen molar-refractivity contribution in [3.05, 3.63) is 181 Å². The Morgan fingerprint density at radius 3 is 1.55 bits per heavy atom. The Kier molecular flexibility index (Phi) is 2.58. The van der Waals surface area contributed by atoms with Gasteiger partial charge in [0.05, 0.1) is 39.8 Å². The summed E-state index contributed by atoms with van der Waals surface area (Å²) in [6.07, 6.45) is 0. The van der Waals surface area contributed by atoms with Gasteiger partial charge in [-0.25, -0.2) is 0 Å². The molecule has 0 fully saturated rings. The smallest absolute Gasteiger partial charge is 0.143 e. The molecule has 0 atom stereocenters. The van der Waals surface area contributed by atoms with E-state index in [1.165, 1.54) is 0 Å². The molecule has 0 aliphatic carbocycles. The Morgan fingerprint density at radius 2 is 0.836 bits per heavy atom. The summed E-state index contributed by atoms with van der Waals surface area (Å²) in [5.74, 6) is 0. The summed E-state index contributed by atoms with van der Waals surface area (Å²) in [6.45, 7) is 0. The van der Waals surface area contributed by atoms with Crippen molar-refractivity contribution in [1.29, 1.82) is 0 Å². The average molecular weight is 724 g/mol. The molecule has 13 aromatic rings. The molecule has 0 bridgehead atoms. The SMILES string of the molecule is [2H]c1cc([2H])c2oc3c4c([2H])c([2H])c([2H])c([2H])c4c([2H])c([2H])c3c2c1-c1c([2H])c([2H])c(-c2c([2H])c([2H])c3c([2H])c([2H])c4c([2H])c([2H])c([2H])c5c([2H])c([2H])c2c3c45)c([2H])c1-c1c([2H])c([2H])c2c([2H])c([2H])c3c([2H])c([2H])c([2H])c4c([2H])c([2H])c1c2c34. The molecule has 1 nitrogen and oxygen atoms in total. The van der Waals surface area contributed by atoms with Crippen LogP contribution >= 0.6 is 0 Å². The molecule has 0 N–H and O–H groups in total. The number of furan rings is 1. The van der Waals surface area contributed by atoms with Crippen LogP contribution in [0.25, 0.3) is 131 Å². The van der Waals surface area contributed by atoms with Crippen LogP contribution in [0.5, 0.6) is 0 Å². The van der Waals surface area contributed by atoms with E-state index in [0.29, 0.717) is 0 Å². The van der Waals surface area contributed by atoms with Gasteiger partial charge in [0, 0.05) is 16.2 Å². The minimum atomic E-state index is -1.10. The highest BCUT2D eigenvalue weighted by Gasteiger charge is 2.21. The number of hydrogen-bond acceptors (Lipinski definition) is 1. The number of fused-ring (bicyclic) bond motifs is 5. The molecule has 0 radical (unpaired) electrons. The highest BCUT2D eigenvalue weighted by Crippen LogP contribution is 2.48. The Hall–Kier alpha value is -7.22. The van der Waals surface area contributed by atoms with Crippen molar-refractivity contribution in [3.63, 3.8) is 0 Å². The van der Waals surface area contributed by atoms with Crippen LogP contribution < -0.4 is 0 Å². The van der Waals surface area contributed by atoms with Crippen molar-refractivity contribution in [2.75, 3.05) is 0 Å². The molecule has 1 heterocycles. The fourth-order valence-corrected chi connectivity index (χ4v) is 7.62. The first kappa shape index (κ1) is 13.3. The lowest BCUT2D eigenvalue weighted by atomic mass is 9.84. The number of benzene rings is 12. The zero-order valence-corrected chi connectivity index (χ0v) is 27.5. The van der Waals surface area contributed by atoms with Gasteiger partial charge >= 0.3 is 0 Å². The van der Waals surface area contributed by atoms with Crippen LogP contribution in [0.3, 0.4) is 0 Å². The summed E-state index contributed by atoms with van der Waals surface area (Å²) >= 11 is 0. The normalized spacial score (nSPS) is 19.7. The van der Waals surface area contributed by atoms with Crippen LogP contribution in [0, 0.1) is 0 Å². The molecule has 0 saturated heterocycles. The lowest BCUT2D eigenvalue weighted by molar-refractivity contribution is 0.673. The van der Waals surface area contributed by atoms with Gasteiger partial charge in [0.2, 0.25) is 0 Å². The van der Waals surface area contributed by atoms with E-state index in [1.54, 1.807) is 0 Å². The predicted octanol–water partition coefficient (Wildman–Crippen LogP) is 15.5. The molecular weight excluding hydrogens is 665 g/mol. The van der Waals surface area contributed by atoms with E-state index in [4.69, 9.17) is 23.6 Å². The van der Waals surface area contributed by atoms with E-state index in [9.17, 15) is 20.6 Å². The first-order valence-electron chi connectivity index (χ1n) is 31.2. The van der Waals surface area contributed by atoms with Crippen LogP contribution in [0.15, 0.2) is 186 Å². The Bertz CT molecular complexity index is 5360. The lowest BCUT2D eigenvalue weighted by Gasteiger charge is -2.19. The minimum absolute atomic E-state index is 0.330. The molecule has 0 aliphatic heterocycles. The largest absolute Gasteiger partial charge is 0.455 e. The average Bonchev–Trinajstić information content (AvgIpc) is 0.937. The van der Waals surface area contributed by atoms with Crippen LogP contribution in [0.4, 0.5) is 0 Å². The van der Waals surface area contributed by atoms with E-state index in [1.807, 2.05) is 0 Å². The Morgan fingerprint density at radius 1 is 0.309 bits per heavy atom. The zero-order valence-electron chi connectivity index (χ0n) is 56.5. The molecule has 12 aromatic carbocycles. The summed E-state index contributed by atoms with van der Waals surface area (Å²) < 4.78 is 276. The van der Waals surface area contributed by atoms with Gasteiger partial charge in [-0.1, -0.05) is 163 Å². The van der Waals surface area contributed by atoms with E-state index in [2.05, 4.69) is 0 Å². The molecule has 0 saturated carbocycles. The second kappa shape index (κ2) is 10.7. The number of hydrogen-bond donors (Lipinski definition) is 0. The van der Waals surface area contributed by atoms with E-state index >= 15 is 0 Å². The van der Waals surface area contributed by atoms with Crippen molar-refractivity contribution >= 4 is 97.3 Å². The predicted molar refractivity (Wildman–Crippen MR) is 235 cm³/mol. The molecule has 0 amide bonds. The maximum absolute atomic E-state index is 10.6. The molecule has 0 unspecified atom stereocenters. The molecule has 252 valence electrons. The highest BCUT2D eigenvalue weighted by molar-refractivity contribution is 6.28. The first-order valence-corrected chi connectivity index (χ1v) is 16.7. The van der Waals surface area contributed by atoms with Gasteiger partial charge in [0.1, 0.15) is 11.2 Å². The van der Waals surface area contributed by atoms with Crippen LogP contribution in [-0.2, 0) is 0 Å². The molecular formula is C54H30O. The molecule has 13 rings (SSSR count). The second-order valence-corrected chi connectivity index (χ2v) is 12.8. The van der Waals surface area contributed by atoms with E-state index < -0.39 is 290 Å². The van der Waals surface area contributed by atoms with Crippen molar-refractivity contribution in [2.24, 2.45) is 0 Å². The maximum Gasteiger partial charge on any atom is 0.143 e. The quantitative estimate of drug-likeness (QED) is 0.165. The maximum atomic E-state index is 10.6. The van der Waals surface area contributed by atoms with Gasteiger partial charge in [0.25, 0.3) is 0 Å². The Labute approximate surface area is 356 Å². The third-order valence-electron chi connectivity index (χ3n) is 9.99. The molecule has 0 spiro atoms. The summed E-state index contributed by atoms with van der Waals surface area (Å²) in [6, 6.07) is -23.4. The fourth-order valence-electron chi connectivity index (χ4n) is 7.62. The first-order chi connectivity index (χ1) is 39.4. The van der Waals surface area contributed by atoms with Crippen molar-refractivity contribution in [3.8, 4) is 33.4 Å². The van der Waals surface area contributed by atoms with E-state index in [-0.39, 0.29) is 16.2 Å². The lowest BCUT2D eigenvalue weighted by Crippen LogP contribution is -1.92. The van der Waals surface area contributed by atoms with Gasteiger partial charge < -0.3 is 4.42 Å². The summed E-state index contributed by atoms with van der Waals surface area (Å²) in [7, 11) is 0. The molecule has 55 heavy (non-hydrogen) atoms. The van der Waals surface area contributed by atoms with Crippen LogP contribution in [0.2, 0.25) is 0 Å². The summed E-state index contributed by atoms with van der Waals surface area (Å²) in [5, 5.41) is -7.54. The van der Waals surface area contributed by atoms with Gasteiger partial charge in [-0.2, -0.15) is 0 Å². The fraction of sp³-hybridized carbons (Fsp3) is 0. The monoisotopic (exact) mass is 723 g/mol. The molecule has 0 aliphatic rings. The van der Waals surface area contributed by atoms with E-state index in [0.717, 1.165) is 6.07 Å². The van der Waals surface area contributed by atoms with Crippen LogP contribution in [-0.4, -0.2) is 0 Å². The second-order valence-electron chi connectivity index (χ2n) is 12.8. The van der Waals surface area contributed by atoms with Gasteiger partial charge in [-0.3, -0.25) is 0 Å². The molecule has 1 heteroatoms. The van der Waals surface area contributed by atoms with Crippen molar-refractivity contribution < 1.29 is 44.2 Å². The third kappa shape index (κ3) is 3.97. The molecule has 1 aromatic heterocycles. The summed E-state index contributed by atoms with van der Waals surface area (Å²) in [4.78, 5) is 0. The van der Waals surface area contributed by atoms with Gasteiger partial charge in [-0.15, -0.1) is 0 Å². The number of rotatable bonds is 3. The van der Waals surface area contributed by atoms with Gasteiger partial charge in [0.15, 0.2) is 0 Å². The van der Waals surface area contributed by atoms with Crippen molar-refractivity contribution in [1.82, 2.24) is 0 Å². The summed E-state index contributed by atoms with van der Waals surface area (Å²) in [5.41, 5.74) is -5.76. The van der Waals surface area contributed by atoms with Crippen molar-refractivity contribution in [2.45, 2.75) is 0 Å².